The second kappa shape index (κ2) is 9.32. The molecule has 152 valence electrons. The molecule has 0 bridgehead atoms. The molecular weight excluding hydrogens is 374 g/mol. The van der Waals surface area contributed by atoms with E-state index in [-0.39, 0.29) is 17.5 Å². The Balaban J connectivity index is 2.53. The van der Waals surface area contributed by atoms with E-state index in [2.05, 4.69) is 0 Å². The molecule has 0 saturated heterocycles. The van der Waals surface area contributed by atoms with E-state index in [0.29, 0.717) is 17.7 Å². The predicted octanol–water partition coefficient (Wildman–Crippen LogP) is 4.62. The number of ether oxygens (including phenoxy) is 1. The average Bonchev–Trinajstić information content (AvgIpc) is 3.07. The molecule has 2 rings (SSSR count). The van der Waals surface area contributed by atoms with Crippen LogP contribution in [-0.2, 0) is 9.59 Å². The topological polar surface area (TPSA) is 63.7 Å². The molecule has 0 saturated carbocycles. The third kappa shape index (κ3) is 4.43. The lowest BCUT2D eigenvalue weighted by molar-refractivity contribution is -0.127. The summed E-state index contributed by atoms with van der Waals surface area (Å²) in [6.07, 6.45) is 1.72. The molecule has 0 aliphatic heterocycles. The van der Waals surface area contributed by atoms with Crippen LogP contribution < -0.4 is 9.64 Å². The van der Waals surface area contributed by atoms with Gasteiger partial charge in [-0.25, -0.2) is 0 Å². The Labute approximate surface area is 170 Å². The van der Waals surface area contributed by atoms with Gasteiger partial charge in [-0.15, -0.1) is 11.3 Å². The van der Waals surface area contributed by atoms with Crippen LogP contribution >= 0.6 is 11.3 Å². The van der Waals surface area contributed by atoms with Gasteiger partial charge < -0.3 is 14.4 Å². The SMILES string of the molecule is CCCC(=O)C(C(=O)c1cc2cc(N(C)C)c(OC)cc2s1)C(C=O)C(C)C. The number of nitrogens with zero attached hydrogens (tertiary/aromatic N) is 1. The lowest BCUT2D eigenvalue weighted by Gasteiger charge is -2.23. The van der Waals surface area contributed by atoms with Gasteiger partial charge in [0, 0.05) is 37.2 Å². The number of carbonyl (C=O) groups is 3. The summed E-state index contributed by atoms with van der Waals surface area (Å²) in [7, 11) is 5.47. The molecular formula is C22H29NO4S. The van der Waals surface area contributed by atoms with E-state index < -0.39 is 11.8 Å². The minimum atomic E-state index is -0.916. The van der Waals surface area contributed by atoms with Crippen molar-refractivity contribution in [3.63, 3.8) is 0 Å². The number of aldehydes is 1. The highest BCUT2D eigenvalue weighted by atomic mass is 32.1. The molecule has 6 heteroatoms. The third-order valence-corrected chi connectivity index (χ3v) is 6.09. The molecule has 1 aromatic carbocycles. The van der Waals surface area contributed by atoms with Crippen molar-refractivity contribution in [1.82, 2.24) is 0 Å². The van der Waals surface area contributed by atoms with Crippen molar-refractivity contribution < 1.29 is 19.1 Å². The lowest BCUT2D eigenvalue weighted by atomic mass is 9.78. The van der Waals surface area contributed by atoms with Crippen LogP contribution in [-0.4, -0.2) is 39.1 Å². The Morgan fingerprint density at radius 1 is 1.21 bits per heavy atom. The van der Waals surface area contributed by atoms with Gasteiger partial charge in [0.25, 0.3) is 0 Å². The first-order chi connectivity index (χ1) is 13.2. The number of benzene rings is 1. The minimum absolute atomic E-state index is 0.0814. The van der Waals surface area contributed by atoms with Crippen LogP contribution in [0.5, 0.6) is 5.75 Å². The van der Waals surface area contributed by atoms with Crippen LogP contribution in [0.2, 0.25) is 0 Å². The van der Waals surface area contributed by atoms with Crippen LogP contribution in [0.15, 0.2) is 18.2 Å². The second-order valence-electron chi connectivity index (χ2n) is 7.58. The van der Waals surface area contributed by atoms with Crippen molar-refractivity contribution in [2.75, 3.05) is 26.1 Å². The molecule has 0 N–H and O–H groups in total. The van der Waals surface area contributed by atoms with Gasteiger partial charge >= 0.3 is 0 Å². The fourth-order valence-electron chi connectivity index (χ4n) is 3.40. The molecule has 28 heavy (non-hydrogen) atoms. The zero-order chi connectivity index (χ0) is 21.0. The molecule has 1 aromatic heterocycles. The van der Waals surface area contributed by atoms with Crippen molar-refractivity contribution in [2.45, 2.75) is 33.6 Å². The quantitative estimate of drug-likeness (QED) is 0.329. The standard InChI is InChI=1S/C22H29NO4S/c1-7-8-17(25)21(15(12-24)13(2)3)22(26)20-10-14-9-16(23(4)5)18(27-6)11-19(14)28-20/h9-13,15,21H,7-8H2,1-6H3. The van der Waals surface area contributed by atoms with E-state index in [1.165, 1.54) is 11.3 Å². The smallest absolute Gasteiger partial charge is 0.183 e. The monoisotopic (exact) mass is 403 g/mol. The number of carbonyl (C=O) groups excluding carboxylic acids is 3. The Kier molecular flexibility index (Phi) is 7.35. The van der Waals surface area contributed by atoms with Crippen LogP contribution in [0.4, 0.5) is 5.69 Å². The summed E-state index contributed by atoms with van der Waals surface area (Å²) in [6, 6.07) is 5.71. The normalized spacial score (nSPS) is 13.4. The van der Waals surface area contributed by atoms with Gasteiger partial charge in [0.15, 0.2) is 5.78 Å². The first-order valence-electron chi connectivity index (χ1n) is 9.56. The fourth-order valence-corrected chi connectivity index (χ4v) is 4.45. The molecule has 5 nitrogen and oxygen atoms in total. The van der Waals surface area contributed by atoms with E-state index >= 15 is 0 Å². The van der Waals surface area contributed by atoms with Crippen molar-refractivity contribution >= 4 is 45.0 Å². The summed E-state index contributed by atoms with van der Waals surface area (Å²) in [5.41, 5.74) is 0.915. The summed E-state index contributed by atoms with van der Waals surface area (Å²) < 4.78 is 6.39. The van der Waals surface area contributed by atoms with Crippen LogP contribution in [0.1, 0.15) is 43.3 Å². The highest BCUT2D eigenvalue weighted by Gasteiger charge is 2.36. The molecule has 0 spiro atoms. The van der Waals surface area contributed by atoms with E-state index in [4.69, 9.17) is 4.74 Å². The molecule has 1 heterocycles. The molecule has 0 fully saturated rings. The number of fused-ring (bicyclic) bond motifs is 1. The number of Topliss-reactive ketones (excluding diaryl/α,β-unsaturated/α-hetero) is 2. The number of hydrogen-bond acceptors (Lipinski definition) is 6. The Hall–Kier alpha value is -2.21. The first kappa shape index (κ1) is 22.1. The van der Waals surface area contributed by atoms with Gasteiger partial charge in [-0.2, -0.15) is 0 Å². The van der Waals surface area contributed by atoms with Gasteiger partial charge in [0.1, 0.15) is 17.8 Å². The summed E-state index contributed by atoms with van der Waals surface area (Å²) in [5.74, 6) is -1.28. The number of anilines is 1. The van der Waals surface area contributed by atoms with Gasteiger partial charge in [-0.1, -0.05) is 20.8 Å². The average molecular weight is 404 g/mol. The molecule has 2 unspecified atom stereocenters. The number of ketones is 2. The van der Waals surface area contributed by atoms with E-state index in [1.807, 2.05) is 58.0 Å². The number of methoxy groups -OCH3 is 1. The summed E-state index contributed by atoms with van der Waals surface area (Å²) in [5, 5.41) is 0.923. The maximum atomic E-state index is 13.3. The molecule has 0 radical (unpaired) electrons. The highest BCUT2D eigenvalue weighted by Crippen LogP contribution is 2.38. The molecule has 0 aliphatic carbocycles. The zero-order valence-corrected chi connectivity index (χ0v) is 18.3. The van der Waals surface area contributed by atoms with Crippen LogP contribution in [0.3, 0.4) is 0 Å². The number of thiophene rings is 1. The van der Waals surface area contributed by atoms with Gasteiger partial charge in [0.2, 0.25) is 0 Å². The largest absolute Gasteiger partial charge is 0.495 e. The third-order valence-electron chi connectivity index (χ3n) is 4.98. The second-order valence-corrected chi connectivity index (χ2v) is 8.67. The minimum Gasteiger partial charge on any atom is -0.495 e. The van der Waals surface area contributed by atoms with Crippen molar-refractivity contribution in [2.24, 2.45) is 17.8 Å². The van der Waals surface area contributed by atoms with Gasteiger partial charge in [-0.3, -0.25) is 9.59 Å². The maximum Gasteiger partial charge on any atom is 0.183 e. The van der Waals surface area contributed by atoms with E-state index in [9.17, 15) is 14.4 Å². The predicted molar refractivity (Wildman–Crippen MR) is 115 cm³/mol. The Morgan fingerprint density at radius 2 is 1.89 bits per heavy atom. The number of hydrogen-bond donors (Lipinski definition) is 0. The maximum absolute atomic E-state index is 13.3. The Morgan fingerprint density at radius 3 is 2.39 bits per heavy atom. The van der Waals surface area contributed by atoms with Gasteiger partial charge in [0.05, 0.1) is 23.6 Å². The number of rotatable bonds is 10. The van der Waals surface area contributed by atoms with Crippen molar-refractivity contribution in [3.05, 3.63) is 23.1 Å². The first-order valence-corrected chi connectivity index (χ1v) is 10.4. The zero-order valence-electron chi connectivity index (χ0n) is 17.4. The molecule has 2 atom stereocenters. The molecule has 0 aliphatic rings. The summed E-state index contributed by atoms with van der Waals surface area (Å²) >= 11 is 1.34. The summed E-state index contributed by atoms with van der Waals surface area (Å²) in [6.45, 7) is 5.65. The van der Waals surface area contributed by atoms with E-state index in [0.717, 1.165) is 27.8 Å². The van der Waals surface area contributed by atoms with Crippen LogP contribution in [0.25, 0.3) is 10.1 Å². The molecule has 0 amide bonds. The highest BCUT2D eigenvalue weighted by molar-refractivity contribution is 7.20. The van der Waals surface area contributed by atoms with Gasteiger partial charge in [-0.05, 0) is 29.9 Å². The van der Waals surface area contributed by atoms with Crippen molar-refractivity contribution in [1.29, 1.82) is 0 Å². The Bertz CT molecular complexity index is 869. The van der Waals surface area contributed by atoms with Crippen LogP contribution in [0, 0.1) is 17.8 Å². The summed E-state index contributed by atoms with van der Waals surface area (Å²) in [4.78, 5) is 40.2. The van der Waals surface area contributed by atoms with Crippen molar-refractivity contribution in [3.8, 4) is 5.75 Å². The lowest BCUT2D eigenvalue weighted by Crippen LogP contribution is -2.35. The fraction of sp³-hybridized carbons (Fsp3) is 0.500. The van der Waals surface area contributed by atoms with E-state index in [1.54, 1.807) is 7.11 Å². The molecule has 2 aromatic rings.